The number of hydrogen-bond acceptors (Lipinski definition) is 6. The van der Waals surface area contributed by atoms with Gasteiger partial charge in [0.15, 0.2) is 4.80 Å². The van der Waals surface area contributed by atoms with Crippen LogP contribution < -0.4 is 9.54 Å². The van der Waals surface area contributed by atoms with Gasteiger partial charge in [0.05, 0.1) is 17.2 Å². The highest BCUT2D eigenvalue weighted by atomic mass is 32.1. The number of carbonyl (C=O) groups is 1. The zero-order valence-corrected chi connectivity index (χ0v) is 18.1. The molecule has 2 heterocycles. The van der Waals surface area contributed by atoms with Crippen LogP contribution in [0.1, 0.15) is 12.5 Å². The summed E-state index contributed by atoms with van der Waals surface area (Å²) < 4.78 is 26.1. The van der Waals surface area contributed by atoms with Crippen LogP contribution in [0.5, 0.6) is 5.75 Å². The predicted octanol–water partition coefficient (Wildman–Crippen LogP) is 5.57. The molecule has 2 aromatic carbocycles. The third-order valence-electron chi connectivity index (χ3n) is 4.47. The summed E-state index contributed by atoms with van der Waals surface area (Å²) in [5.74, 6) is -0.156. The second-order valence-electron chi connectivity index (χ2n) is 6.72. The Morgan fingerprint density at radius 2 is 1.88 bits per heavy atom. The Bertz CT molecular complexity index is 1270. The Labute approximate surface area is 188 Å². The van der Waals surface area contributed by atoms with Gasteiger partial charge in [-0.25, -0.2) is 14.8 Å². The Morgan fingerprint density at radius 1 is 1.09 bits per heavy atom. The molecule has 0 aliphatic rings. The normalized spacial score (nSPS) is 11.4. The molecule has 4 rings (SSSR count). The molecule has 0 spiro atoms. The minimum absolute atomic E-state index is 0.242. The summed E-state index contributed by atoms with van der Waals surface area (Å²) in [6, 6.07) is 20.2. The first-order valence-electron chi connectivity index (χ1n) is 9.97. The molecule has 0 fully saturated rings. The fourth-order valence-electron chi connectivity index (χ4n) is 3.00. The Balaban J connectivity index is 1.69. The quantitative estimate of drug-likeness (QED) is 0.219. The van der Waals surface area contributed by atoms with Gasteiger partial charge in [0, 0.05) is 24.5 Å². The number of ether oxygens (including phenoxy) is 2. The van der Waals surface area contributed by atoms with Gasteiger partial charge in [0.1, 0.15) is 5.75 Å². The number of thiazole rings is 1. The van der Waals surface area contributed by atoms with Crippen molar-refractivity contribution in [3.63, 3.8) is 0 Å². The van der Waals surface area contributed by atoms with Crippen molar-refractivity contribution in [2.45, 2.75) is 13.5 Å². The van der Waals surface area contributed by atoms with E-state index >= 15 is 0 Å². The maximum absolute atomic E-state index is 14.3. The van der Waals surface area contributed by atoms with Crippen molar-refractivity contribution >= 4 is 23.2 Å². The summed E-state index contributed by atoms with van der Waals surface area (Å²) in [4.78, 5) is 21.4. The molecule has 0 saturated carbocycles. The van der Waals surface area contributed by atoms with Crippen LogP contribution in [0.25, 0.3) is 10.4 Å². The van der Waals surface area contributed by atoms with Crippen molar-refractivity contribution in [1.29, 1.82) is 0 Å². The van der Waals surface area contributed by atoms with Gasteiger partial charge < -0.3 is 14.0 Å². The maximum atomic E-state index is 14.3. The SMILES string of the molecule is CCOC(=O)Oc1ccc(N=c2sc(-c3cccnc3F)cn2Cc2ccccc2)cc1. The lowest BCUT2D eigenvalue weighted by Gasteiger charge is -2.04. The van der Waals surface area contributed by atoms with Crippen LogP contribution >= 0.6 is 11.3 Å². The number of nitrogens with zero attached hydrogens (tertiary/aromatic N) is 3. The van der Waals surface area contributed by atoms with Crippen LogP contribution in [-0.2, 0) is 11.3 Å². The van der Waals surface area contributed by atoms with Crippen molar-refractivity contribution in [3.8, 4) is 16.2 Å². The first kappa shape index (κ1) is 21.5. The molecule has 6 nitrogen and oxygen atoms in total. The zero-order chi connectivity index (χ0) is 22.3. The van der Waals surface area contributed by atoms with Crippen LogP contribution in [0.2, 0.25) is 0 Å². The molecule has 0 N–H and O–H groups in total. The Morgan fingerprint density at radius 3 is 2.59 bits per heavy atom. The summed E-state index contributed by atoms with van der Waals surface area (Å²) in [5.41, 5.74) is 2.20. The largest absolute Gasteiger partial charge is 0.513 e. The number of rotatable bonds is 6. The highest BCUT2D eigenvalue weighted by Gasteiger charge is 2.11. The lowest BCUT2D eigenvalue weighted by molar-refractivity contribution is 0.104. The van der Waals surface area contributed by atoms with Crippen molar-refractivity contribution < 1.29 is 18.7 Å². The maximum Gasteiger partial charge on any atom is 0.513 e. The molecule has 4 aromatic rings. The lowest BCUT2D eigenvalue weighted by Crippen LogP contribution is -2.14. The molecule has 0 bridgehead atoms. The number of aromatic nitrogens is 2. The van der Waals surface area contributed by atoms with Crippen LogP contribution in [0.3, 0.4) is 0 Å². The molecule has 0 radical (unpaired) electrons. The molecule has 0 saturated heterocycles. The summed E-state index contributed by atoms with van der Waals surface area (Å²) in [5, 5.41) is 0. The van der Waals surface area contributed by atoms with Crippen molar-refractivity contribution in [2.75, 3.05) is 6.61 Å². The average molecular weight is 450 g/mol. The highest BCUT2D eigenvalue weighted by Crippen LogP contribution is 2.25. The number of hydrogen-bond donors (Lipinski definition) is 0. The van der Waals surface area contributed by atoms with E-state index < -0.39 is 12.1 Å². The van der Waals surface area contributed by atoms with Crippen molar-refractivity contribution in [3.05, 3.63) is 95.4 Å². The van der Waals surface area contributed by atoms with Gasteiger partial charge in [-0.3, -0.25) is 0 Å². The topological polar surface area (TPSA) is 65.7 Å². The molecule has 8 heteroatoms. The Kier molecular flexibility index (Phi) is 6.72. The molecule has 0 aliphatic heterocycles. The van der Waals surface area contributed by atoms with E-state index in [4.69, 9.17) is 14.5 Å². The number of carbonyl (C=O) groups excluding carboxylic acids is 1. The lowest BCUT2D eigenvalue weighted by atomic mass is 10.2. The predicted molar refractivity (Wildman–Crippen MR) is 120 cm³/mol. The van der Waals surface area contributed by atoms with E-state index in [1.165, 1.54) is 17.5 Å². The van der Waals surface area contributed by atoms with Crippen LogP contribution in [0.4, 0.5) is 14.9 Å². The fraction of sp³-hybridized carbons (Fsp3) is 0.125. The molecular weight excluding hydrogens is 429 g/mol. The first-order valence-corrected chi connectivity index (χ1v) is 10.8. The van der Waals surface area contributed by atoms with Gasteiger partial charge >= 0.3 is 6.16 Å². The Hall–Kier alpha value is -3.78. The zero-order valence-electron chi connectivity index (χ0n) is 17.3. The van der Waals surface area contributed by atoms with E-state index in [1.807, 2.05) is 41.1 Å². The molecular formula is C24H20FN3O3S. The number of pyridine rings is 1. The van der Waals surface area contributed by atoms with E-state index in [-0.39, 0.29) is 6.61 Å². The number of benzene rings is 2. The highest BCUT2D eigenvalue weighted by molar-refractivity contribution is 7.12. The van der Waals surface area contributed by atoms with E-state index in [0.29, 0.717) is 28.3 Å². The van der Waals surface area contributed by atoms with E-state index in [9.17, 15) is 9.18 Å². The minimum Gasteiger partial charge on any atom is -0.434 e. The fourth-order valence-corrected chi connectivity index (χ4v) is 4.02. The summed E-state index contributed by atoms with van der Waals surface area (Å²) in [7, 11) is 0. The van der Waals surface area contributed by atoms with Crippen molar-refractivity contribution in [2.24, 2.45) is 4.99 Å². The van der Waals surface area contributed by atoms with E-state index in [0.717, 1.165) is 10.4 Å². The third-order valence-corrected chi connectivity index (χ3v) is 5.52. The smallest absolute Gasteiger partial charge is 0.434 e. The van der Waals surface area contributed by atoms with Crippen LogP contribution in [0.15, 0.2) is 84.1 Å². The molecule has 0 amide bonds. The van der Waals surface area contributed by atoms with Gasteiger partial charge in [-0.05, 0) is 48.9 Å². The summed E-state index contributed by atoms with van der Waals surface area (Å²) in [6.07, 6.45) is 2.56. The average Bonchev–Trinajstić information content (AvgIpc) is 3.18. The van der Waals surface area contributed by atoms with Gasteiger partial charge in [-0.1, -0.05) is 41.7 Å². The molecule has 0 atom stereocenters. The van der Waals surface area contributed by atoms with Gasteiger partial charge in [0.25, 0.3) is 0 Å². The monoisotopic (exact) mass is 449 g/mol. The molecule has 0 unspecified atom stereocenters. The van der Waals surface area contributed by atoms with Crippen LogP contribution in [0, 0.1) is 5.95 Å². The second-order valence-corrected chi connectivity index (χ2v) is 7.73. The summed E-state index contributed by atoms with van der Waals surface area (Å²) in [6.45, 7) is 2.54. The third kappa shape index (κ3) is 5.28. The molecule has 32 heavy (non-hydrogen) atoms. The van der Waals surface area contributed by atoms with E-state index in [1.54, 1.807) is 43.3 Å². The second kappa shape index (κ2) is 10.0. The van der Waals surface area contributed by atoms with Gasteiger partial charge in [-0.15, -0.1) is 0 Å². The molecule has 0 aliphatic carbocycles. The minimum atomic E-state index is -0.751. The first-order chi connectivity index (χ1) is 15.6. The number of halogens is 1. The van der Waals surface area contributed by atoms with Gasteiger partial charge in [-0.2, -0.15) is 4.39 Å². The summed E-state index contributed by atoms with van der Waals surface area (Å²) >= 11 is 1.37. The molecule has 162 valence electrons. The molecule has 2 aromatic heterocycles. The van der Waals surface area contributed by atoms with E-state index in [2.05, 4.69) is 4.98 Å². The van der Waals surface area contributed by atoms with Gasteiger partial charge in [0.2, 0.25) is 5.95 Å². The van der Waals surface area contributed by atoms with Crippen molar-refractivity contribution in [1.82, 2.24) is 9.55 Å². The standard InChI is InChI=1S/C24H20FN3O3S/c1-2-30-24(29)31-19-12-10-18(11-13-19)27-23-28(15-17-7-4-3-5-8-17)16-21(32-23)20-9-6-14-26-22(20)25/h3-14,16H,2,15H2,1H3. The van der Waals surface area contributed by atoms with Crippen LogP contribution in [-0.4, -0.2) is 22.3 Å².